The van der Waals surface area contributed by atoms with Crippen LogP contribution in [0.2, 0.25) is 0 Å². The number of aromatic nitrogens is 5. The van der Waals surface area contributed by atoms with Crippen molar-refractivity contribution in [1.29, 1.82) is 0 Å². The predicted octanol–water partition coefficient (Wildman–Crippen LogP) is 4.11. The summed E-state index contributed by atoms with van der Waals surface area (Å²) < 4.78 is 2.11. The van der Waals surface area contributed by atoms with Crippen LogP contribution in [0.1, 0.15) is 70.5 Å². The van der Waals surface area contributed by atoms with Crippen molar-refractivity contribution in [3.8, 4) is 11.1 Å². The first-order valence-electron chi connectivity index (χ1n) is 12.0. The van der Waals surface area contributed by atoms with E-state index in [1.54, 1.807) is 6.20 Å². The molecule has 3 aromatic rings. The van der Waals surface area contributed by atoms with E-state index >= 15 is 0 Å². The van der Waals surface area contributed by atoms with Gasteiger partial charge in [0.1, 0.15) is 16.9 Å². The molecular weight excluding hydrogens is 402 g/mol. The van der Waals surface area contributed by atoms with Crippen LogP contribution in [0.3, 0.4) is 0 Å². The molecule has 8 nitrogen and oxygen atoms in total. The number of hydrogen-bond acceptors (Lipinski definition) is 7. The fourth-order valence-corrected chi connectivity index (χ4v) is 5.13. The zero-order valence-electron chi connectivity index (χ0n) is 19.0. The zero-order chi connectivity index (χ0) is 22.2. The Hall–Kier alpha value is -2.74. The van der Waals surface area contributed by atoms with Gasteiger partial charge in [0, 0.05) is 29.6 Å². The second-order valence-electron chi connectivity index (χ2n) is 9.56. The van der Waals surface area contributed by atoms with Crippen molar-refractivity contribution in [1.82, 2.24) is 24.7 Å². The van der Waals surface area contributed by atoms with Gasteiger partial charge in [-0.2, -0.15) is 5.10 Å². The first kappa shape index (κ1) is 21.1. The number of anilines is 2. The van der Waals surface area contributed by atoms with Crippen LogP contribution in [0.5, 0.6) is 0 Å². The predicted molar refractivity (Wildman–Crippen MR) is 126 cm³/mol. The van der Waals surface area contributed by atoms with E-state index in [2.05, 4.69) is 40.1 Å². The highest BCUT2D eigenvalue weighted by Crippen LogP contribution is 2.35. The number of rotatable bonds is 5. The lowest BCUT2D eigenvalue weighted by molar-refractivity contribution is 0.182. The van der Waals surface area contributed by atoms with Crippen molar-refractivity contribution in [2.75, 3.05) is 11.1 Å². The molecule has 8 heteroatoms. The summed E-state index contributed by atoms with van der Waals surface area (Å²) in [5, 5.41) is 18.1. The minimum atomic E-state index is -0.241. The van der Waals surface area contributed by atoms with Crippen LogP contribution in [0.4, 0.5) is 11.6 Å². The SMILES string of the molecule is CCc1nc2c(N)ncc(-c3cnn(C4CCC(C)CC4)c3)c2nc1N[C@@H]1CC[C@H](O)C1. The van der Waals surface area contributed by atoms with Gasteiger partial charge in [0.2, 0.25) is 0 Å². The molecule has 0 aromatic carbocycles. The molecule has 0 bridgehead atoms. The Morgan fingerprint density at radius 1 is 1.09 bits per heavy atom. The van der Waals surface area contributed by atoms with E-state index in [1.807, 2.05) is 6.20 Å². The van der Waals surface area contributed by atoms with E-state index in [1.165, 1.54) is 25.7 Å². The van der Waals surface area contributed by atoms with Crippen LogP contribution < -0.4 is 11.1 Å². The van der Waals surface area contributed by atoms with Crippen LogP contribution in [-0.4, -0.2) is 42.0 Å². The maximum atomic E-state index is 9.92. The van der Waals surface area contributed by atoms with E-state index in [0.717, 1.165) is 59.8 Å². The molecule has 170 valence electrons. The summed E-state index contributed by atoms with van der Waals surface area (Å²) in [7, 11) is 0. The third kappa shape index (κ3) is 4.03. The first-order valence-corrected chi connectivity index (χ1v) is 12.0. The van der Waals surface area contributed by atoms with Gasteiger partial charge in [-0.05, 0) is 57.3 Å². The summed E-state index contributed by atoms with van der Waals surface area (Å²) in [5.41, 5.74) is 10.3. The Kier molecular flexibility index (Phi) is 5.71. The number of hydrogen-bond donors (Lipinski definition) is 3. The van der Waals surface area contributed by atoms with Gasteiger partial charge in [-0.15, -0.1) is 0 Å². The van der Waals surface area contributed by atoms with E-state index in [0.29, 0.717) is 17.4 Å². The normalized spacial score (nSPS) is 26.0. The maximum absolute atomic E-state index is 9.92. The molecule has 32 heavy (non-hydrogen) atoms. The Morgan fingerprint density at radius 2 is 1.91 bits per heavy atom. The standard InChI is InChI=1S/C24H33N7O/c1-3-20-24(28-16-6-9-18(32)10-16)30-21-19(12-26-23(25)22(21)29-20)15-11-27-31(13-15)17-7-4-14(2)5-8-17/h11-14,16-18,32H,3-10H2,1-2H3,(H2,25,26)(H,28,30)/t14?,16-,17?,18+/m1/s1. The topological polar surface area (TPSA) is 115 Å². The number of pyridine rings is 1. The van der Waals surface area contributed by atoms with Gasteiger partial charge in [0.05, 0.1) is 24.0 Å². The fraction of sp³-hybridized carbons (Fsp3) is 0.583. The Morgan fingerprint density at radius 3 is 2.62 bits per heavy atom. The summed E-state index contributed by atoms with van der Waals surface area (Å²) in [4.78, 5) is 14.3. The minimum absolute atomic E-state index is 0.209. The molecule has 2 atom stereocenters. The summed E-state index contributed by atoms with van der Waals surface area (Å²) in [6.07, 6.45) is 13.6. The Balaban J connectivity index is 1.52. The second-order valence-corrected chi connectivity index (χ2v) is 9.56. The average Bonchev–Trinajstić information content (AvgIpc) is 3.43. The van der Waals surface area contributed by atoms with E-state index in [9.17, 15) is 5.11 Å². The van der Waals surface area contributed by atoms with Crippen molar-refractivity contribution < 1.29 is 5.11 Å². The van der Waals surface area contributed by atoms with Crippen molar-refractivity contribution in [3.05, 3.63) is 24.3 Å². The van der Waals surface area contributed by atoms with Crippen LogP contribution in [0, 0.1) is 5.92 Å². The van der Waals surface area contributed by atoms with Crippen LogP contribution >= 0.6 is 0 Å². The number of nitrogen functional groups attached to an aromatic ring is 1. The molecule has 0 spiro atoms. The second kappa shape index (κ2) is 8.65. The number of aliphatic hydroxyl groups excluding tert-OH is 1. The van der Waals surface area contributed by atoms with Crippen molar-refractivity contribution in [3.63, 3.8) is 0 Å². The minimum Gasteiger partial charge on any atom is -0.393 e. The Labute approximate surface area is 188 Å². The number of nitrogens with two attached hydrogens (primary N) is 1. The molecule has 2 aliphatic rings. The summed E-state index contributed by atoms with van der Waals surface area (Å²) in [5.74, 6) is 1.98. The van der Waals surface area contributed by atoms with Gasteiger partial charge in [-0.3, -0.25) is 4.68 Å². The zero-order valence-corrected chi connectivity index (χ0v) is 19.0. The lowest BCUT2D eigenvalue weighted by Gasteiger charge is -2.26. The van der Waals surface area contributed by atoms with Crippen LogP contribution in [-0.2, 0) is 6.42 Å². The lowest BCUT2D eigenvalue weighted by Crippen LogP contribution is -2.19. The smallest absolute Gasteiger partial charge is 0.151 e. The molecule has 2 fully saturated rings. The van der Waals surface area contributed by atoms with Crippen molar-refractivity contribution in [2.24, 2.45) is 5.92 Å². The molecule has 0 radical (unpaired) electrons. The summed E-state index contributed by atoms with van der Waals surface area (Å²) in [6, 6.07) is 0.665. The van der Waals surface area contributed by atoms with E-state index in [-0.39, 0.29) is 12.1 Å². The average molecular weight is 436 g/mol. The molecule has 3 aromatic heterocycles. The van der Waals surface area contributed by atoms with E-state index < -0.39 is 0 Å². The van der Waals surface area contributed by atoms with Gasteiger partial charge in [-0.25, -0.2) is 15.0 Å². The highest BCUT2D eigenvalue weighted by atomic mass is 16.3. The van der Waals surface area contributed by atoms with E-state index in [4.69, 9.17) is 15.7 Å². The van der Waals surface area contributed by atoms with Crippen molar-refractivity contribution >= 4 is 22.7 Å². The van der Waals surface area contributed by atoms with Gasteiger partial charge in [0.25, 0.3) is 0 Å². The number of aliphatic hydroxyl groups is 1. The number of nitrogens with zero attached hydrogens (tertiary/aromatic N) is 5. The van der Waals surface area contributed by atoms with Gasteiger partial charge >= 0.3 is 0 Å². The summed E-state index contributed by atoms with van der Waals surface area (Å²) >= 11 is 0. The highest BCUT2D eigenvalue weighted by Gasteiger charge is 2.25. The van der Waals surface area contributed by atoms with Crippen LogP contribution in [0.25, 0.3) is 22.2 Å². The molecular formula is C24H33N7O. The molecule has 4 N–H and O–H groups in total. The molecule has 0 aliphatic heterocycles. The van der Waals surface area contributed by atoms with Crippen molar-refractivity contribution in [2.45, 2.75) is 83.4 Å². The number of nitrogens with one attached hydrogen (secondary N) is 1. The highest BCUT2D eigenvalue weighted by molar-refractivity contribution is 5.96. The number of aryl methyl sites for hydroxylation is 1. The monoisotopic (exact) mass is 435 g/mol. The maximum Gasteiger partial charge on any atom is 0.151 e. The molecule has 5 rings (SSSR count). The number of fused-ring (bicyclic) bond motifs is 1. The van der Waals surface area contributed by atoms with Gasteiger partial charge in [0.15, 0.2) is 5.82 Å². The third-order valence-corrected chi connectivity index (χ3v) is 7.15. The third-order valence-electron chi connectivity index (χ3n) is 7.15. The molecule has 0 saturated heterocycles. The largest absolute Gasteiger partial charge is 0.393 e. The fourth-order valence-electron chi connectivity index (χ4n) is 5.13. The lowest BCUT2D eigenvalue weighted by atomic mass is 9.87. The molecule has 2 aliphatic carbocycles. The molecule has 0 amide bonds. The van der Waals surface area contributed by atoms with Gasteiger partial charge in [-0.1, -0.05) is 13.8 Å². The Bertz CT molecular complexity index is 1100. The first-order chi connectivity index (χ1) is 15.5. The molecule has 2 saturated carbocycles. The molecule has 0 unspecified atom stereocenters. The summed E-state index contributed by atoms with van der Waals surface area (Å²) in [6.45, 7) is 4.39. The molecule has 3 heterocycles. The quantitative estimate of drug-likeness (QED) is 0.552. The van der Waals surface area contributed by atoms with Crippen LogP contribution in [0.15, 0.2) is 18.6 Å². The van der Waals surface area contributed by atoms with Gasteiger partial charge < -0.3 is 16.2 Å².